The number of likely N-dealkylation sites (N-methyl/N-ethyl adjacent to an activating group) is 1. The number of rotatable bonds is 11. The van der Waals surface area contributed by atoms with E-state index in [9.17, 15) is 4.79 Å². The van der Waals surface area contributed by atoms with Gasteiger partial charge in [0, 0.05) is 48.2 Å². The zero-order valence-electron chi connectivity index (χ0n) is 25.0. The molecule has 1 amide bonds. The maximum atomic E-state index is 12.4. The first-order valence-electron chi connectivity index (χ1n) is 14.3. The number of H-pyrrole nitrogens is 1. The Morgan fingerprint density at radius 1 is 1.21 bits per heavy atom. The van der Waals surface area contributed by atoms with Gasteiger partial charge in [0.1, 0.15) is 17.1 Å². The molecule has 0 unspecified atom stereocenters. The first-order chi connectivity index (χ1) is 20.1. The molecule has 0 spiro atoms. The third kappa shape index (κ3) is 7.60. The second-order valence-electron chi connectivity index (χ2n) is 12.0. The fourth-order valence-electron chi connectivity index (χ4n) is 5.51. The number of anilines is 1. The Balaban J connectivity index is 1.20. The molecule has 1 saturated heterocycles. The second-order valence-corrected chi connectivity index (χ2v) is 13.4. The monoisotopic (exact) mass is 609 g/mol. The fourth-order valence-corrected chi connectivity index (χ4v) is 6.66. The molecule has 9 nitrogen and oxygen atoms in total. The van der Waals surface area contributed by atoms with Crippen molar-refractivity contribution in [1.82, 2.24) is 30.1 Å². The van der Waals surface area contributed by atoms with Crippen LogP contribution in [0.2, 0.25) is 5.02 Å². The van der Waals surface area contributed by atoms with Crippen LogP contribution in [0.3, 0.4) is 0 Å². The SMILES string of the molecule is Cc1ccsc1CN1CCC(Nc2c(Cl)cnc3[nH]c(-c4ccc(OCC(=O)NC(C)(C)CN(C)C)cc4)nc23)CC1. The molecule has 1 fully saturated rings. The normalized spacial score (nSPS) is 14.9. The number of ether oxygens (including phenoxy) is 1. The van der Waals surface area contributed by atoms with Crippen molar-refractivity contribution in [1.29, 1.82) is 0 Å². The molecule has 3 aromatic heterocycles. The maximum absolute atomic E-state index is 12.4. The van der Waals surface area contributed by atoms with Gasteiger partial charge >= 0.3 is 0 Å². The van der Waals surface area contributed by atoms with Crippen molar-refractivity contribution in [3.8, 4) is 17.1 Å². The van der Waals surface area contributed by atoms with Crippen LogP contribution in [0.25, 0.3) is 22.6 Å². The molecule has 0 saturated carbocycles. The molecule has 0 radical (unpaired) electrons. The minimum absolute atomic E-state index is 0.0507. The minimum atomic E-state index is -0.347. The fraction of sp³-hybridized carbons (Fsp3) is 0.452. The summed E-state index contributed by atoms with van der Waals surface area (Å²) < 4.78 is 5.73. The van der Waals surface area contributed by atoms with Gasteiger partial charge in [-0.1, -0.05) is 11.6 Å². The summed E-state index contributed by atoms with van der Waals surface area (Å²) in [5.41, 5.74) is 4.15. The van der Waals surface area contributed by atoms with Crippen molar-refractivity contribution in [2.24, 2.45) is 0 Å². The highest BCUT2D eigenvalue weighted by molar-refractivity contribution is 7.10. The van der Waals surface area contributed by atoms with E-state index in [1.165, 1.54) is 10.4 Å². The zero-order chi connectivity index (χ0) is 29.9. The smallest absolute Gasteiger partial charge is 0.258 e. The van der Waals surface area contributed by atoms with Gasteiger partial charge in [0.2, 0.25) is 0 Å². The van der Waals surface area contributed by atoms with E-state index in [4.69, 9.17) is 21.3 Å². The summed E-state index contributed by atoms with van der Waals surface area (Å²) in [4.78, 5) is 31.1. The van der Waals surface area contributed by atoms with E-state index in [1.807, 2.05) is 68.4 Å². The van der Waals surface area contributed by atoms with Gasteiger partial charge in [0.15, 0.2) is 12.3 Å². The van der Waals surface area contributed by atoms with Crippen molar-refractivity contribution < 1.29 is 9.53 Å². The number of aromatic amines is 1. The molecule has 0 atom stereocenters. The number of fused-ring (bicyclic) bond motifs is 1. The maximum Gasteiger partial charge on any atom is 0.258 e. The molecular formula is C31H40ClN7O2S. The van der Waals surface area contributed by atoms with Gasteiger partial charge < -0.3 is 25.3 Å². The number of benzene rings is 1. The van der Waals surface area contributed by atoms with Crippen LogP contribution < -0.4 is 15.4 Å². The number of pyridine rings is 1. The second kappa shape index (κ2) is 13.0. The number of imidazole rings is 1. The predicted octanol–water partition coefficient (Wildman–Crippen LogP) is 5.56. The molecule has 1 aliphatic heterocycles. The van der Waals surface area contributed by atoms with Crippen LogP contribution >= 0.6 is 22.9 Å². The van der Waals surface area contributed by atoms with Crippen LogP contribution in [-0.4, -0.2) is 82.6 Å². The number of carbonyl (C=O) groups is 1. The molecule has 11 heteroatoms. The number of likely N-dealkylation sites (tertiary alicyclic amines) is 1. The lowest BCUT2D eigenvalue weighted by molar-refractivity contribution is -0.124. The van der Waals surface area contributed by atoms with Crippen LogP contribution in [0.4, 0.5) is 5.69 Å². The number of hydrogen-bond donors (Lipinski definition) is 3. The van der Waals surface area contributed by atoms with Crippen LogP contribution in [0.1, 0.15) is 37.1 Å². The van der Waals surface area contributed by atoms with Crippen LogP contribution in [0.5, 0.6) is 5.75 Å². The average molecular weight is 610 g/mol. The summed E-state index contributed by atoms with van der Waals surface area (Å²) in [7, 11) is 3.96. The number of aryl methyl sites for hydroxylation is 1. The Labute approximate surface area is 256 Å². The molecule has 1 aromatic carbocycles. The van der Waals surface area contributed by atoms with Crippen molar-refractivity contribution in [3.05, 3.63) is 57.4 Å². The molecule has 3 N–H and O–H groups in total. The lowest BCUT2D eigenvalue weighted by Gasteiger charge is -2.32. The third-order valence-corrected chi connectivity index (χ3v) is 8.72. The third-order valence-electron chi connectivity index (χ3n) is 7.43. The average Bonchev–Trinajstić information content (AvgIpc) is 3.55. The van der Waals surface area contributed by atoms with Gasteiger partial charge in [-0.05, 0) is 89.0 Å². The topological polar surface area (TPSA) is 98.4 Å². The first-order valence-corrected chi connectivity index (χ1v) is 15.6. The summed E-state index contributed by atoms with van der Waals surface area (Å²) in [5.74, 6) is 1.15. The van der Waals surface area contributed by atoms with Crippen molar-refractivity contribution in [2.75, 3.05) is 45.7 Å². The van der Waals surface area contributed by atoms with Crippen molar-refractivity contribution in [2.45, 2.75) is 51.7 Å². The number of nitrogens with one attached hydrogen (secondary N) is 3. The predicted molar refractivity (Wildman–Crippen MR) is 172 cm³/mol. The summed E-state index contributed by atoms with van der Waals surface area (Å²) in [5, 5.41) is 9.42. The number of piperidine rings is 1. The number of halogens is 1. The van der Waals surface area contributed by atoms with Gasteiger partial charge in [-0.3, -0.25) is 9.69 Å². The molecule has 224 valence electrons. The summed E-state index contributed by atoms with van der Waals surface area (Å²) in [6.45, 7) is 9.95. The van der Waals surface area contributed by atoms with E-state index in [1.54, 1.807) is 6.20 Å². The number of thiophene rings is 1. The minimum Gasteiger partial charge on any atom is -0.484 e. The van der Waals surface area contributed by atoms with E-state index in [0.717, 1.165) is 55.8 Å². The highest BCUT2D eigenvalue weighted by Crippen LogP contribution is 2.33. The van der Waals surface area contributed by atoms with Gasteiger partial charge in [0.25, 0.3) is 5.91 Å². The number of hydrogen-bond acceptors (Lipinski definition) is 8. The van der Waals surface area contributed by atoms with Gasteiger partial charge in [-0.2, -0.15) is 0 Å². The lowest BCUT2D eigenvalue weighted by Crippen LogP contribution is -2.51. The van der Waals surface area contributed by atoms with E-state index >= 15 is 0 Å². The van der Waals surface area contributed by atoms with Gasteiger partial charge in [-0.25, -0.2) is 9.97 Å². The molecule has 4 heterocycles. The Bertz CT molecular complexity index is 1510. The Hall–Kier alpha value is -3.18. The first kappa shape index (κ1) is 30.3. The lowest BCUT2D eigenvalue weighted by atomic mass is 10.0. The molecule has 4 aromatic rings. The molecule has 42 heavy (non-hydrogen) atoms. The number of carbonyl (C=O) groups excluding carboxylic acids is 1. The van der Waals surface area contributed by atoms with Crippen LogP contribution in [0, 0.1) is 6.92 Å². The van der Waals surface area contributed by atoms with Crippen molar-refractivity contribution >= 4 is 45.7 Å². The summed E-state index contributed by atoms with van der Waals surface area (Å²) in [6.07, 6.45) is 3.74. The molecular weight excluding hydrogens is 570 g/mol. The largest absolute Gasteiger partial charge is 0.484 e. The number of aromatic nitrogens is 3. The quantitative estimate of drug-likeness (QED) is 0.205. The highest BCUT2D eigenvalue weighted by Gasteiger charge is 2.23. The number of nitrogens with zero attached hydrogens (tertiary/aromatic N) is 4. The van der Waals surface area contributed by atoms with Gasteiger partial charge in [-0.15, -0.1) is 11.3 Å². The Morgan fingerprint density at radius 3 is 2.62 bits per heavy atom. The summed E-state index contributed by atoms with van der Waals surface area (Å²) >= 11 is 8.46. The van der Waals surface area contributed by atoms with E-state index in [2.05, 4.69) is 43.9 Å². The van der Waals surface area contributed by atoms with Crippen LogP contribution in [-0.2, 0) is 11.3 Å². The van der Waals surface area contributed by atoms with Crippen molar-refractivity contribution in [3.63, 3.8) is 0 Å². The highest BCUT2D eigenvalue weighted by atomic mass is 35.5. The van der Waals surface area contributed by atoms with Gasteiger partial charge in [0.05, 0.1) is 16.9 Å². The molecule has 5 rings (SSSR count). The Morgan fingerprint density at radius 2 is 1.95 bits per heavy atom. The molecule has 0 aliphatic carbocycles. The molecule has 1 aliphatic rings. The van der Waals surface area contributed by atoms with E-state index in [0.29, 0.717) is 28.3 Å². The standard InChI is InChI=1S/C31H40ClN7O2S/c1-20-12-15-42-25(20)17-39-13-10-22(11-14-39)34-27-24(32)16-33-30-28(27)35-29(36-30)21-6-8-23(9-7-21)41-18-26(40)37-31(2,3)19-38(4)5/h6-9,12,15-16,22H,10-11,13-14,17-19H2,1-5H3,(H,37,40)(H2,33,34,35,36). The summed E-state index contributed by atoms with van der Waals surface area (Å²) in [6, 6.07) is 10.0. The van der Waals surface area contributed by atoms with E-state index in [-0.39, 0.29) is 18.1 Å². The molecule has 0 bridgehead atoms. The number of amides is 1. The van der Waals surface area contributed by atoms with Crippen LogP contribution in [0.15, 0.2) is 41.9 Å². The van der Waals surface area contributed by atoms with E-state index < -0.39 is 0 Å². The Kier molecular flexibility index (Phi) is 9.37. The zero-order valence-corrected chi connectivity index (χ0v) is 26.5.